The second-order valence-corrected chi connectivity index (χ2v) is 2.55. The molecule has 0 atom stereocenters. The van der Waals surface area contributed by atoms with Crippen molar-refractivity contribution in [1.29, 1.82) is 5.41 Å². The van der Waals surface area contributed by atoms with E-state index in [2.05, 4.69) is 12.2 Å². The van der Waals surface area contributed by atoms with E-state index in [9.17, 15) is 0 Å². The quantitative estimate of drug-likeness (QED) is 0.559. The first kappa shape index (κ1) is 7.32. The van der Waals surface area contributed by atoms with Crippen LogP contribution in [0.25, 0.3) is 0 Å². The summed E-state index contributed by atoms with van der Waals surface area (Å²) in [5.74, 6) is 0. The van der Waals surface area contributed by atoms with E-state index in [1.807, 2.05) is 0 Å². The molecule has 2 nitrogen and oxygen atoms in total. The van der Waals surface area contributed by atoms with Crippen molar-refractivity contribution in [3.8, 4) is 0 Å². The fourth-order valence-electron chi connectivity index (χ4n) is 1.30. The van der Waals surface area contributed by atoms with Crippen molar-refractivity contribution < 1.29 is 0 Å². The summed E-state index contributed by atoms with van der Waals surface area (Å²) in [7, 11) is 0. The molecule has 0 aromatic carbocycles. The molecule has 1 aliphatic rings. The molecule has 0 amide bonds. The highest BCUT2D eigenvalue weighted by Crippen LogP contribution is 2.15. The molecular formula is C8H14N2. The molecule has 0 unspecified atom stereocenters. The highest BCUT2D eigenvalue weighted by Gasteiger charge is 2.06. The third kappa shape index (κ3) is 1.38. The maximum atomic E-state index is 7.09. The lowest BCUT2D eigenvalue weighted by Gasteiger charge is -2.17. The predicted octanol–water partition coefficient (Wildman–Crippen LogP) is 1.68. The number of hydrogen-bond donors (Lipinski definition) is 2. The van der Waals surface area contributed by atoms with E-state index in [0.717, 1.165) is 18.7 Å². The monoisotopic (exact) mass is 138 g/mol. The Bertz CT molecular complexity index is 159. The molecule has 56 valence electrons. The van der Waals surface area contributed by atoms with Gasteiger partial charge in [0.2, 0.25) is 0 Å². The third-order valence-electron chi connectivity index (χ3n) is 1.92. The summed E-state index contributed by atoms with van der Waals surface area (Å²) in [4.78, 5) is 0. The molecule has 1 rings (SSSR count). The largest absolute Gasteiger partial charge is 0.384 e. The molecule has 0 aliphatic carbocycles. The molecule has 2 heteroatoms. The Morgan fingerprint density at radius 2 is 2.50 bits per heavy atom. The second kappa shape index (κ2) is 3.40. The Balaban J connectivity index is 2.72. The molecule has 2 N–H and O–H groups in total. The van der Waals surface area contributed by atoms with Crippen LogP contribution in [0.2, 0.25) is 0 Å². The number of rotatable bonds is 2. The van der Waals surface area contributed by atoms with Gasteiger partial charge in [-0.2, -0.15) is 0 Å². The van der Waals surface area contributed by atoms with Gasteiger partial charge in [0.1, 0.15) is 0 Å². The van der Waals surface area contributed by atoms with Crippen molar-refractivity contribution in [2.45, 2.75) is 26.2 Å². The van der Waals surface area contributed by atoms with Gasteiger partial charge in [-0.25, -0.2) is 0 Å². The van der Waals surface area contributed by atoms with Crippen molar-refractivity contribution in [2.24, 2.45) is 0 Å². The highest BCUT2D eigenvalue weighted by molar-refractivity contribution is 5.76. The van der Waals surface area contributed by atoms with Crippen molar-refractivity contribution in [3.05, 3.63) is 11.3 Å². The Labute approximate surface area is 61.8 Å². The molecule has 0 aromatic rings. The summed E-state index contributed by atoms with van der Waals surface area (Å²) >= 11 is 0. The van der Waals surface area contributed by atoms with E-state index in [4.69, 9.17) is 5.41 Å². The Hall–Kier alpha value is -0.790. The summed E-state index contributed by atoms with van der Waals surface area (Å²) in [6.45, 7) is 3.18. The molecule has 1 heterocycles. The van der Waals surface area contributed by atoms with Gasteiger partial charge in [-0.1, -0.05) is 6.92 Å². The highest BCUT2D eigenvalue weighted by atomic mass is 14.9. The average molecular weight is 138 g/mol. The third-order valence-corrected chi connectivity index (χ3v) is 1.92. The molecule has 0 spiro atoms. The van der Waals surface area contributed by atoms with Gasteiger partial charge in [-0.15, -0.1) is 0 Å². The molecule has 0 saturated carbocycles. The van der Waals surface area contributed by atoms with Crippen molar-refractivity contribution in [2.75, 3.05) is 6.54 Å². The van der Waals surface area contributed by atoms with E-state index in [0.29, 0.717) is 0 Å². The van der Waals surface area contributed by atoms with Crippen LogP contribution in [0.3, 0.4) is 0 Å². The van der Waals surface area contributed by atoms with Gasteiger partial charge in [0.25, 0.3) is 0 Å². The van der Waals surface area contributed by atoms with Crippen LogP contribution >= 0.6 is 0 Å². The van der Waals surface area contributed by atoms with Crippen molar-refractivity contribution >= 4 is 6.21 Å². The molecule has 0 saturated heterocycles. The topological polar surface area (TPSA) is 35.9 Å². The fourth-order valence-corrected chi connectivity index (χ4v) is 1.30. The standard InChI is InChI=1S/C8H14N2/c1-2-7-4-3-5-10-8(7)6-9/h6,9-10H,2-5H2,1H3. The first-order chi connectivity index (χ1) is 4.88. The van der Waals surface area contributed by atoms with Crippen LogP contribution in [0.15, 0.2) is 11.3 Å². The fraction of sp³-hybridized carbons (Fsp3) is 0.625. The van der Waals surface area contributed by atoms with Crippen LogP contribution in [-0.4, -0.2) is 12.8 Å². The number of nitrogens with one attached hydrogen (secondary N) is 2. The van der Waals surface area contributed by atoms with Gasteiger partial charge in [-0.3, -0.25) is 0 Å². The van der Waals surface area contributed by atoms with Crippen LogP contribution in [-0.2, 0) is 0 Å². The molecule has 10 heavy (non-hydrogen) atoms. The van der Waals surface area contributed by atoms with Crippen LogP contribution in [0.4, 0.5) is 0 Å². The van der Waals surface area contributed by atoms with E-state index >= 15 is 0 Å². The minimum absolute atomic E-state index is 1.04. The lowest BCUT2D eigenvalue weighted by atomic mass is 10.0. The first-order valence-electron chi connectivity index (χ1n) is 3.85. The summed E-state index contributed by atoms with van der Waals surface area (Å²) in [5.41, 5.74) is 2.45. The zero-order valence-electron chi connectivity index (χ0n) is 6.41. The summed E-state index contributed by atoms with van der Waals surface area (Å²) < 4.78 is 0. The van der Waals surface area contributed by atoms with Crippen LogP contribution in [0, 0.1) is 5.41 Å². The SMILES string of the molecule is CCC1=C(C=N)NCCC1. The number of allylic oxidation sites excluding steroid dienone is 2. The van der Waals surface area contributed by atoms with Crippen molar-refractivity contribution in [1.82, 2.24) is 5.32 Å². The Morgan fingerprint density at radius 1 is 1.70 bits per heavy atom. The smallest absolute Gasteiger partial charge is 0.0510 e. The lowest BCUT2D eigenvalue weighted by Crippen LogP contribution is -2.22. The molecule has 0 fully saturated rings. The van der Waals surface area contributed by atoms with E-state index in [1.54, 1.807) is 0 Å². The van der Waals surface area contributed by atoms with Crippen molar-refractivity contribution in [3.63, 3.8) is 0 Å². The van der Waals surface area contributed by atoms with E-state index < -0.39 is 0 Å². The van der Waals surface area contributed by atoms with Gasteiger partial charge >= 0.3 is 0 Å². The maximum Gasteiger partial charge on any atom is 0.0510 e. The van der Waals surface area contributed by atoms with Gasteiger partial charge in [0, 0.05) is 12.8 Å². The van der Waals surface area contributed by atoms with Gasteiger partial charge in [0.05, 0.1) is 5.70 Å². The minimum atomic E-state index is 1.04. The lowest BCUT2D eigenvalue weighted by molar-refractivity contribution is 0.666. The Morgan fingerprint density at radius 3 is 3.00 bits per heavy atom. The molecular weight excluding hydrogens is 124 g/mol. The molecule has 0 radical (unpaired) electrons. The maximum absolute atomic E-state index is 7.09. The van der Waals surface area contributed by atoms with Gasteiger partial charge < -0.3 is 10.7 Å². The molecule has 0 aromatic heterocycles. The molecule has 0 bridgehead atoms. The zero-order valence-corrected chi connectivity index (χ0v) is 6.41. The van der Waals surface area contributed by atoms with Crippen LogP contribution in [0.1, 0.15) is 26.2 Å². The van der Waals surface area contributed by atoms with E-state index in [1.165, 1.54) is 24.6 Å². The normalized spacial score (nSPS) is 18.5. The Kier molecular flexibility index (Phi) is 2.49. The minimum Gasteiger partial charge on any atom is -0.384 e. The zero-order chi connectivity index (χ0) is 7.40. The second-order valence-electron chi connectivity index (χ2n) is 2.55. The van der Waals surface area contributed by atoms with Gasteiger partial charge in [0.15, 0.2) is 0 Å². The van der Waals surface area contributed by atoms with Gasteiger partial charge in [-0.05, 0) is 24.8 Å². The molecule has 1 aliphatic heterocycles. The summed E-state index contributed by atoms with van der Waals surface area (Å²) in [6, 6.07) is 0. The van der Waals surface area contributed by atoms with Crippen LogP contribution < -0.4 is 5.32 Å². The predicted molar refractivity (Wildman–Crippen MR) is 43.3 cm³/mol. The van der Waals surface area contributed by atoms with E-state index in [-0.39, 0.29) is 0 Å². The van der Waals surface area contributed by atoms with Crippen LogP contribution in [0.5, 0.6) is 0 Å². The summed E-state index contributed by atoms with van der Waals surface area (Å²) in [6.07, 6.45) is 4.91. The summed E-state index contributed by atoms with van der Waals surface area (Å²) in [5, 5.41) is 10.3. The number of hydrogen-bond acceptors (Lipinski definition) is 2. The average Bonchev–Trinajstić information content (AvgIpc) is 2.04. The first-order valence-corrected chi connectivity index (χ1v) is 3.85.